The Morgan fingerprint density at radius 3 is 2.19 bits per heavy atom. The fourth-order valence-corrected chi connectivity index (χ4v) is 10.5. The lowest BCUT2D eigenvalue weighted by atomic mass is 9.74. The van der Waals surface area contributed by atoms with Crippen LogP contribution in [0.25, 0.3) is 0 Å². The molecule has 3 fully saturated rings. The molecule has 17 nitrogen and oxygen atoms in total. The Balaban J connectivity index is 1.45. The van der Waals surface area contributed by atoms with Crippen LogP contribution in [-0.2, 0) is 55.7 Å². The summed E-state index contributed by atoms with van der Waals surface area (Å²) in [6, 6.07) is 5.86. The second-order valence-corrected chi connectivity index (χ2v) is 20.3. The predicted octanol–water partition coefficient (Wildman–Crippen LogP) is 4.22. The van der Waals surface area contributed by atoms with Gasteiger partial charge < -0.3 is 58.5 Å². The van der Waals surface area contributed by atoms with E-state index in [9.17, 15) is 34.4 Å². The molecule has 0 aliphatic carbocycles. The van der Waals surface area contributed by atoms with Crippen molar-refractivity contribution in [2.75, 3.05) is 27.8 Å². The van der Waals surface area contributed by atoms with Gasteiger partial charge in [0.1, 0.15) is 35.5 Å². The van der Waals surface area contributed by atoms with E-state index in [0.717, 1.165) is 11.3 Å². The van der Waals surface area contributed by atoms with Crippen LogP contribution in [0, 0.1) is 29.5 Å². The zero-order chi connectivity index (χ0) is 49.8. The van der Waals surface area contributed by atoms with Gasteiger partial charge >= 0.3 is 5.97 Å². The van der Waals surface area contributed by atoms with Gasteiger partial charge in [-0.1, -0.05) is 45.0 Å². The van der Waals surface area contributed by atoms with Crippen LogP contribution < -0.4 is 0 Å². The molecule has 0 bridgehead atoms. The third kappa shape index (κ3) is 12.7. The molecule has 0 amide bonds. The molecule has 3 aliphatic rings. The van der Waals surface area contributed by atoms with Crippen molar-refractivity contribution in [2.45, 2.75) is 199 Å². The standard InChI is InChI=1S/C49H79FN4O13/c1-14-37-49(10,60)42(57)29(4)39(55)27(2)23-48(9,62-13)44(30(5)41(31(6)45(59)65-37)66-38-24-47(8,61-12)43(58)32(7)64-38)67-46-40(56)36(22-28(3)63-46)53(11)21-15-16-35-26-54(52-51-35)25-33-17-19-34(50)20-18-33/h17-20,26-32,36-38,40-44,46,56-58,60H,14-16,21-25H2,1-13H3/t27-,28-,29+,30+,31-,32+,36+,37-,38+,40-,41+,42-,43+,44-,46+,47-,48-,49-/m1/s1. The van der Waals surface area contributed by atoms with Gasteiger partial charge in [0.25, 0.3) is 0 Å². The average molecular weight is 951 g/mol. The number of ether oxygens (including phenoxy) is 7. The van der Waals surface area contributed by atoms with E-state index in [1.807, 2.05) is 27.1 Å². The van der Waals surface area contributed by atoms with Crippen LogP contribution in [-0.4, -0.2) is 164 Å². The predicted molar refractivity (Wildman–Crippen MR) is 244 cm³/mol. The highest BCUT2D eigenvalue weighted by Gasteiger charge is 2.54. The first-order chi connectivity index (χ1) is 31.4. The van der Waals surface area contributed by atoms with Gasteiger partial charge in [-0.05, 0) is 105 Å². The maximum Gasteiger partial charge on any atom is 0.311 e. The quantitative estimate of drug-likeness (QED) is 0.195. The summed E-state index contributed by atoms with van der Waals surface area (Å²) in [5, 5.41) is 55.2. The Kier molecular flexibility index (Phi) is 18.7. The number of benzene rings is 1. The molecule has 18 atom stereocenters. The number of cyclic esters (lactones) is 1. The number of esters is 1. The summed E-state index contributed by atoms with van der Waals surface area (Å²) in [7, 11) is 4.94. The number of carbonyl (C=O) groups excluding carboxylic acids is 2. The number of carbonyl (C=O) groups is 2. The molecular weight excluding hydrogens is 872 g/mol. The van der Waals surface area contributed by atoms with E-state index in [1.54, 1.807) is 65.3 Å². The van der Waals surface area contributed by atoms with Crippen molar-refractivity contribution < 1.29 is 67.6 Å². The first kappa shape index (κ1) is 54.9. The molecule has 4 heterocycles. The Morgan fingerprint density at radius 1 is 0.910 bits per heavy atom. The second-order valence-electron chi connectivity index (χ2n) is 20.3. The molecule has 0 unspecified atom stereocenters. The van der Waals surface area contributed by atoms with Gasteiger partial charge in [0.15, 0.2) is 12.6 Å². The molecule has 0 saturated carbocycles. The first-order valence-electron chi connectivity index (χ1n) is 24.0. The Bertz CT molecular complexity index is 1910. The molecule has 1 aromatic carbocycles. The summed E-state index contributed by atoms with van der Waals surface area (Å²) < 4.78 is 59.8. The van der Waals surface area contributed by atoms with E-state index in [0.29, 0.717) is 32.4 Å². The summed E-state index contributed by atoms with van der Waals surface area (Å²) in [5.74, 6) is -5.01. The van der Waals surface area contributed by atoms with Crippen LogP contribution in [0.15, 0.2) is 30.5 Å². The zero-order valence-corrected chi connectivity index (χ0v) is 41.8. The lowest BCUT2D eigenvalue weighted by Crippen LogP contribution is -2.61. The number of likely N-dealkylation sites (N-methyl/N-ethyl adjacent to an activating group) is 1. The summed E-state index contributed by atoms with van der Waals surface area (Å²) in [4.78, 5) is 30.7. The number of rotatable bonds is 14. The van der Waals surface area contributed by atoms with Crippen molar-refractivity contribution in [3.05, 3.63) is 47.5 Å². The molecule has 0 spiro atoms. The molecule has 380 valence electrons. The van der Waals surface area contributed by atoms with Crippen LogP contribution in [0.1, 0.15) is 113 Å². The number of methoxy groups -OCH3 is 2. The lowest BCUT2D eigenvalue weighted by Gasteiger charge is -2.50. The molecule has 3 saturated heterocycles. The van der Waals surface area contributed by atoms with Crippen molar-refractivity contribution in [1.82, 2.24) is 19.9 Å². The van der Waals surface area contributed by atoms with Gasteiger partial charge in [-0.3, -0.25) is 9.59 Å². The van der Waals surface area contributed by atoms with Crippen molar-refractivity contribution in [2.24, 2.45) is 23.7 Å². The number of aromatic nitrogens is 3. The molecule has 3 aliphatic heterocycles. The number of ketones is 1. The minimum atomic E-state index is -2.00. The maximum absolute atomic E-state index is 14.4. The number of hydrogen-bond acceptors (Lipinski definition) is 16. The monoisotopic (exact) mass is 951 g/mol. The van der Waals surface area contributed by atoms with Gasteiger partial charge in [-0.25, -0.2) is 9.07 Å². The number of Topliss-reactive ketones (excluding diaryl/α,β-unsaturated/α-hetero) is 1. The van der Waals surface area contributed by atoms with Gasteiger partial charge in [-0.15, -0.1) is 5.10 Å². The van der Waals surface area contributed by atoms with E-state index >= 15 is 0 Å². The van der Waals surface area contributed by atoms with Crippen LogP contribution >= 0.6 is 0 Å². The number of hydrogen-bond donors (Lipinski definition) is 4. The fraction of sp³-hybridized carbons (Fsp3) is 0.796. The van der Waals surface area contributed by atoms with E-state index in [4.69, 9.17) is 33.2 Å². The van der Waals surface area contributed by atoms with Gasteiger partial charge in [-0.2, -0.15) is 0 Å². The van der Waals surface area contributed by atoms with Crippen LogP contribution in [0.5, 0.6) is 0 Å². The highest BCUT2D eigenvalue weighted by Crippen LogP contribution is 2.42. The fourth-order valence-electron chi connectivity index (χ4n) is 10.5. The molecule has 2 aromatic rings. The summed E-state index contributed by atoms with van der Waals surface area (Å²) in [6.45, 7) is 18.1. The second kappa shape index (κ2) is 22.8. The Labute approximate surface area is 395 Å². The Hall–Kier alpha value is -3.01. The average Bonchev–Trinajstić information content (AvgIpc) is 3.74. The SMILES string of the molecule is CC[C@H]1OC(=O)[C@H](C)[C@@H](O[C@H]2C[C@@](C)(OC)[C@@H](O)[C@H](C)O2)[C@H](C)[C@@H](O[C@@H]2O[C@H](C)C[C@H](N(C)CCCc3cn(Cc4ccc(F)cc4)nn3)[C@H]2O)[C@](C)(OC)C[C@@H](C)C(=O)[C@H](C)[C@@H](O)[C@]1(C)O. The van der Waals surface area contributed by atoms with E-state index < -0.39 is 108 Å². The molecular formula is C49H79FN4O13. The van der Waals surface area contributed by atoms with Crippen molar-refractivity contribution >= 4 is 11.8 Å². The Morgan fingerprint density at radius 2 is 1.57 bits per heavy atom. The third-order valence-corrected chi connectivity index (χ3v) is 15.0. The summed E-state index contributed by atoms with van der Waals surface area (Å²) in [6.07, 6.45) is -6.27. The van der Waals surface area contributed by atoms with Crippen LogP contribution in [0.4, 0.5) is 4.39 Å². The molecule has 1 aromatic heterocycles. The number of nitrogens with zero attached hydrogens (tertiary/aromatic N) is 4. The smallest absolute Gasteiger partial charge is 0.311 e. The minimum absolute atomic E-state index is 0.0699. The lowest BCUT2D eigenvalue weighted by molar-refractivity contribution is -0.319. The molecule has 67 heavy (non-hydrogen) atoms. The molecule has 5 rings (SSSR count). The third-order valence-electron chi connectivity index (χ3n) is 15.0. The van der Waals surface area contributed by atoms with E-state index in [2.05, 4.69) is 15.2 Å². The largest absolute Gasteiger partial charge is 0.459 e. The van der Waals surface area contributed by atoms with Crippen molar-refractivity contribution in [1.29, 1.82) is 0 Å². The zero-order valence-electron chi connectivity index (χ0n) is 41.8. The highest BCUT2D eigenvalue weighted by atomic mass is 19.1. The van der Waals surface area contributed by atoms with Crippen LogP contribution in [0.2, 0.25) is 0 Å². The minimum Gasteiger partial charge on any atom is -0.459 e. The summed E-state index contributed by atoms with van der Waals surface area (Å²) in [5.41, 5.74) is -2.68. The number of aryl methyl sites for hydroxylation is 1. The number of aliphatic hydroxyl groups excluding tert-OH is 3. The summed E-state index contributed by atoms with van der Waals surface area (Å²) >= 11 is 0. The molecule has 0 radical (unpaired) electrons. The topological polar surface area (TPSA) is 214 Å². The van der Waals surface area contributed by atoms with Crippen LogP contribution in [0.3, 0.4) is 0 Å². The number of halogens is 1. The van der Waals surface area contributed by atoms with Crippen molar-refractivity contribution in [3.8, 4) is 0 Å². The van der Waals surface area contributed by atoms with E-state index in [1.165, 1.54) is 33.3 Å². The van der Waals surface area contributed by atoms with Gasteiger partial charge in [0.2, 0.25) is 0 Å². The maximum atomic E-state index is 14.4. The van der Waals surface area contributed by atoms with Gasteiger partial charge in [0, 0.05) is 50.6 Å². The van der Waals surface area contributed by atoms with Crippen molar-refractivity contribution in [3.63, 3.8) is 0 Å². The van der Waals surface area contributed by atoms with Gasteiger partial charge in [0.05, 0.1) is 59.9 Å². The molecule has 18 heteroatoms. The first-order valence-corrected chi connectivity index (χ1v) is 24.0. The normalized spacial score (nSPS) is 40.7. The number of aliphatic hydroxyl groups is 4. The van der Waals surface area contributed by atoms with E-state index in [-0.39, 0.29) is 37.0 Å². The highest BCUT2D eigenvalue weighted by molar-refractivity contribution is 5.83. The molecule has 4 N–H and O–H groups in total.